The highest BCUT2D eigenvalue weighted by Crippen LogP contribution is 2.27. The lowest BCUT2D eigenvalue weighted by Gasteiger charge is -2.09. The summed E-state index contributed by atoms with van der Waals surface area (Å²) in [5, 5.41) is 11.6. The van der Waals surface area contributed by atoms with E-state index in [0.717, 1.165) is 0 Å². The minimum Gasteiger partial charge on any atom is -0.494 e. The highest BCUT2D eigenvalue weighted by Gasteiger charge is 2.19. The fourth-order valence-electron chi connectivity index (χ4n) is 2.34. The summed E-state index contributed by atoms with van der Waals surface area (Å²) >= 11 is 11.9. The van der Waals surface area contributed by atoms with Crippen LogP contribution in [0.2, 0.25) is 10.0 Å². The number of rotatable bonds is 4. The molecule has 0 atom stereocenters. The molecule has 0 unspecified atom stereocenters. The molecule has 0 radical (unpaired) electrons. The molecule has 3 rings (SSSR count). The molecule has 8 heteroatoms. The molecule has 128 valence electrons. The van der Waals surface area contributed by atoms with Crippen molar-refractivity contribution >= 4 is 34.8 Å². The maximum absolute atomic E-state index is 12.5. The van der Waals surface area contributed by atoms with E-state index in [2.05, 4.69) is 15.6 Å². The normalized spacial score (nSPS) is 10.6. The molecule has 0 fully saturated rings. The van der Waals surface area contributed by atoms with Crippen molar-refractivity contribution in [1.82, 2.24) is 15.0 Å². The Bertz CT molecular complexity index is 940. The van der Waals surface area contributed by atoms with Crippen LogP contribution in [0.5, 0.6) is 5.75 Å². The van der Waals surface area contributed by atoms with Crippen molar-refractivity contribution in [2.45, 2.75) is 6.92 Å². The van der Waals surface area contributed by atoms with E-state index in [9.17, 15) is 4.79 Å². The van der Waals surface area contributed by atoms with Gasteiger partial charge in [0.05, 0.1) is 23.5 Å². The zero-order valence-electron chi connectivity index (χ0n) is 13.5. The Hall–Kier alpha value is -2.57. The highest BCUT2D eigenvalue weighted by molar-refractivity contribution is 6.36. The molecule has 1 amide bonds. The number of para-hydroxylation sites is 2. The van der Waals surface area contributed by atoms with E-state index in [1.165, 1.54) is 0 Å². The van der Waals surface area contributed by atoms with Gasteiger partial charge in [0.2, 0.25) is 0 Å². The average molecular weight is 377 g/mol. The fraction of sp³-hybridized carbons (Fsp3) is 0.118. The van der Waals surface area contributed by atoms with Crippen molar-refractivity contribution < 1.29 is 9.53 Å². The first-order chi connectivity index (χ1) is 12.0. The molecule has 0 saturated heterocycles. The molecule has 2 aromatic carbocycles. The number of ether oxygens (including phenoxy) is 1. The van der Waals surface area contributed by atoms with E-state index in [-0.39, 0.29) is 5.69 Å². The number of methoxy groups -OCH3 is 1. The lowest BCUT2D eigenvalue weighted by molar-refractivity contribution is 0.102. The second kappa shape index (κ2) is 7.13. The number of hydrogen-bond donors (Lipinski definition) is 1. The van der Waals surface area contributed by atoms with Gasteiger partial charge in [-0.2, -0.15) is 0 Å². The Morgan fingerprint density at radius 1 is 1.20 bits per heavy atom. The number of nitrogens with zero attached hydrogens (tertiary/aromatic N) is 3. The number of amides is 1. The van der Waals surface area contributed by atoms with Gasteiger partial charge in [0.25, 0.3) is 5.91 Å². The van der Waals surface area contributed by atoms with Crippen LogP contribution < -0.4 is 10.1 Å². The van der Waals surface area contributed by atoms with E-state index in [1.54, 1.807) is 36.9 Å². The maximum Gasteiger partial charge on any atom is 0.278 e. The van der Waals surface area contributed by atoms with Gasteiger partial charge in [0.1, 0.15) is 11.4 Å². The van der Waals surface area contributed by atoms with Gasteiger partial charge in [0, 0.05) is 5.02 Å². The molecule has 0 spiro atoms. The van der Waals surface area contributed by atoms with Gasteiger partial charge in [0.15, 0.2) is 5.69 Å². The van der Waals surface area contributed by atoms with Crippen LogP contribution in [0.15, 0.2) is 42.5 Å². The van der Waals surface area contributed by atoms with Gasteiger partial charge in [-0.15, -0.1) is 5.10 Å². The first-order valence-electron chi connectivity index (χ1n) is 7.33. The Morgan fingerprint density at radius 2 is 1.96 bits per heavy atom. The Balaban J connectivity index is 1.91. The zero-order valence-corrected chi connectivity index (χ0v) is 15.0. The molecule has 1 heterocycles. The molecule has 0 bridgehead atoms. The van der Waals surface area contributed by atoms with Crippen LogP contribution in [0, 0.1) is 6.92 Å². The first-order valence-corrected chi connectivity index (χ1v) is 8.09. The van der Waals surface area contributed by atoms with E-state index in [1.807, 2.05) is 24.3 Å². The van der Waals surface area contributed by atoms with Crippen LogP contribution in [0.1, 0.15) is 16.2 Å². The quantitative estimate of drug-likeness (QED) is 0.742. The molecule has 0 aliphatic heterocycles. The van der Waals surface area contributed by atoms with Gasteiger partial charge in [-0.1, -0.05) is 40.5 Å². The van der Waals surface area contributed by atoms with Crippen LogP contribution in [0.3, 0.4) is 0 Å². The highest BCUT2D eigenvalue weighted by atomic mass is 35.5. The molecule has 3 aromatic rings. The van der Waals surface area contributed by atoms with Crippen LogP contribution in [-0.2, 0) is 0 Å². The van der Waals surface area contributed by atoms with Crippen molar-refractivity contribution in [2.24, 2.45) is 0 Å². The van der Waals surface area contributed by atoms with E-state index >= 15 is 0 Å². The Morgan fingerprint density at radius 3 is 2.68 bits per heavy atom. The summed E-state index contributed by atoms with van der Waals surface area (Å²) in [7, 11) is 1.57. The maximum atomic E-state index is 12.5. The zero-order chi connectivity index (χ0) is 18.0. The summed E-state index contributed by atoms with van der Waals surface area (Å²) in [5.41, 5.74) is 1.91. The van der Waals surface area contributed by atoms with Gasteiger partial charge in [-0.05, 0) is 37.3 Å². The van der Waals surface area contributed by atoms with Gasteiger partial charge in [-0.3, -0.25) is 4.79 Å². The number of nitrogens with one attached hydrogen (secondary N) is 1. The third kappa shape index (κ3) is 3.45. The summed E-state index contributed by atoms with van der Waals surface area (Å²) in [6, 6.07) is 12.2. The lowest BCUT2D eigenvalue weighted by atomic mass is 10.2. The number of carbonyl (C=O) groups excluding carboxylic acids is 1. The SMILES string of the molecule is COc1ccccc1-n1nnc(C(=O)Nc2ccc(Cl)cc2Cl)c1C. The molecule has 1 aromatic heterocycles. The van der Waals surface area contributed by atoms with Crippen LogP contribution in [0.25, 0.3) is 5.69 Å². The second-order valence-corrected chi connectivity index (χ2v) is 6.03. The number of carbonyl (C=O) groups is 1. The molecule has 6 nitrogen and oxygen atoms in total. The fourth-order valence-corrected chi connectivity index (χ4v) is 2.80. The average Bonchev–Trinajstić information content (AvgIpc) is 2.98. The lowest BCUT2D eigenvalue weighted by Crippen LogP contribution is -2.14. The van der Waals surface area contributed by atoms with Crippen molar-refractivity contribution in [3.63, 3.8) is 0 Å². The molecule has 1 N–H and O–H groups in total. The first kappa shape index (κ1) is 17.3. The van der Waals surface area contributed by atoms with Crippen molar-refractivity contribution in [3.05, 3.63) is 63.9 Å². The standard InChI is InChI=1S/C17H14Cl2N4O2/c1-10-16(17(24)20-13-8-7-11(18)9-12(13)19)21-22-23(10)14-5-3-4-6-15(14)25-2/h3-9H,1-2H3,(H,20,24). The van der Waals surface area contributed by atoms with Gasteiger partial charge >= 0.3 is 0 Å². The third-order valence-electron chi connectivity index (χ3n) is 3.60. The number of hydrogen-bond acceptors (Lipinski definition) is 4. The third-order valence-corrected chi connectivity index (χ3v) is 4.15. The predicted octanol–water partition coefficient (Wildman–Crippen LogP) is 4.14. The molecule has 0 aliphatic carbocycles. The molecular weight excluding hydrogens is 363 g/mol. The number of aromatic nitrogens is 3. The summed E-state index contributed by atoms with van der Waals surface area (Å²) in [5.74, 6) is 0.214. The van der Waals surface area contributed by atoms with Gasteiger partial charge in [-0.25, -0.2) is 4.68 Å². The van der Waals surface area contributed by atoms with E-state index in [4.69, 9.17) is 27.9 Å². The summed E-state index contributed by atoms with van der Waals surface area (Å²) in [4.78, 5) is 12.5. The Kier molecular flexibility index (Phi) is 4.92. The monoisotopic (exact) mass is 376 g/mol. The molecule has 25 heavy (non-hydrogen) atoms. The topological polar surface area (TPSA) is 69.0 Å². The van der Waals surface area contributed by atoms with Crippen molar-refractivity contribution in [2.75, 3.05) is 12.4 Å². The largest absolute Gasteiger partial charge is 0.494 e. The van der Waals surface area contributed by atoms with E-state index < -0.39 is 5.91 Å². The van der Waals surface area contributed by atoms with Crippen LogP contribution >= 0.6 is 23.2 Å². The van der Waals surface area contributed by atoms with Crippen molar-refractivity contribution in [1.29, 1.82) is 0 Å². The smallest absolute Gasteiger partial charge is 0.278 e. The number of halogens is 2. The van der Waals surface area contributed by atoms with Crippen molar-refractivity contribution in [3.8, 4) is 11.4 Å². The molecule has 0 saturated carbocycles. The number of anilines is 1. The molecular formula is C17H14Cl2N4O2. The minimum absolute atomic E-state index is 0.192. The Labute approximate surface area is 154 Å². The van der Waals surface area contributed by atoms with E-state index in [0.29, 0.717) is 32.9 Å². The summed E-state index contributed by atoms with van der Waals surface area (Å²) in [6.45, 7) is 1.75. The molecule has 0 aliphatic rings. The summed E-state index contributed by atoms with van der Waals surface area (Å²) < 4.78 is 6.88. The predicted molar refractivity (Wildman–Crippen MR) is 97.1 cm³/mol. The van der Waals surface area contributed by atoms with Crippen LogP contribution in [0.4, 0.5) is 5.69 Å². The minimum atomic E-state index is -0.414. The summed E-state index contributed by atoms with van der Waals surface area (Å²) in [6.07, 6.45) is 0. The second-order valence-electron chi connectivity index (χ2n) is 5.19. The number of benzene rings is 2. The van der Waals surface area contributed by atoms with Gasteiger partial charge < -0.3 is 10.1 Å². The van der Waals surface area contributed by atoms with Crippen LogP contribution in [-0.4, -0.2) is 28.0 Å².